The number of hydrogen-bond acceptors (Lipinski definition) is 1. The summed E-state index contributed by atoms with van der Waals surface area (Å²) in [4.78, 5) is 0. The van der Waals surface area contributed by atoms with Crippen LogP contribution in [0.4, 0.5) is 17.6 Å². The molecule has 2 aliphatic rings. The van der Waals surface area contributed by atoms with Crippen LogP contribution in [-0.4, -0.2) is 6.61 Å². The fraction of sp³-hybridized carbons (Fsp3) is 0.615. The van der Waals surface area contributed by atoms with Crippen molar-refractivity contribution in [3.8, 4) is 5.75 Å². The molecule has 0 aromatic heterocycles. The highest BCUT2D eigenvalue weighted by molar-refractivity contribution is 5.85. The molecule has 0 saturated heterocycles. The molecule has 2 aromatic rings. The van der Waals surface area contributed by atoms with Gasteiger partial charge in [-0.2, -0.15) is 8.78 Å². The third-order valence-electron chi connectivity index (χ3n) is 7.60. The third-order valence-corrected chi connectivity index (χ3v) is 7.60. The van der Waals surface area contributed by atoms with Gasteiger partial charge in [0.1, 0.15) is 5.82 Å². The molecule has 0 spiro atoms. The minimum Gasteiger partial charge on any atom is -0.432 e. The Labute approximate surface area is 182 Å². The smallest absolute Gasteiger partial charge is 0.387 e. The molecule has 31 heavy (non-hydrogen) atoms. The minimum absolute atomic E-state index is 0.113. The molecule has 170 valence electrons. The highest BCUT2D eigenvalue weighted by atomic mass is 19.3. The summed E-state index contributed by atoms with van der Waals surface area (Å²) in [6, 6.07) is 5.47. The van der Waals surface area contributed by atoms with E-state index in [0.29, 0.717) is 11.3 Å². The van der Waals surface area contributed by atoms with Crippen molar-refractivity contribution in [1.29, 1.82) is 0 Å². The van der Waals surface area contributed by atoms with E-state index >= 15 is 0 Å². The van der Waals surface area contributed by atoms with Gasteiger partial charge in [0, 0.05) is 5.39 Å². The summed E-state index contributed by atoms with van der Waals surface area (Å²) < 4.78 is 58.1. The first-order valence-corrected chi connectivity index (χ1v) is 11.8. The maximum absolute atomic E-state index is 14.8. The number of fused-ring (bicyclic) bond motifs is 2. The summed E-state index contributed by atoms with van der Waals surface area (Å²) >= 11 is 0. The zero-order chi connectivity index (χ0) is 22.0. The van der Waals surface area contributed by atoms with Crippen molar-refractivity contribution in [2.24, 2.45) is 17.8 Å². The van der Waals surface area contributed by atoms with Crippen LogP contribution in [0, 0.1) is 29.4 Å². The molecule has 0 heterocycles. The van der Waals surface area contributed by atoms with Crippen LogP contribution in [0.25, 0.3) is 10.8 Å². The predicted molar refractivity (Wildman–Crippen MR) is 116 cm³/mol. The monoisotopic (exact) mass is 436 g/mol. The highest BCUT2D eigenvalue weighted by Crippen LogP contribution is 2.49. The Morgan fingerprint density at radius 2 is 1.68 bits per heavy atom. The number of unbranched alkanes of at least 4 members (excludes halogenated alkanes) is 2. The molecular formula is C26H32F4O. The minimum atomic E-state index is -3.15. The SMILES string of the molecule is CCCCC[C@@H]1CC[C@@H]2CC(c3cc(F)c4cc(OC(F)F)c(F)cc4c3)CCC2C1. The van der Waals surface area contributed by atoms with Crippen LogP contribution >= 0.6 is 0 Å². The summed E-state index contributed by atoms with van der Waals surface area (Å²) in [6.07, 6.45) is 12.5. The molecule has 0 N–H and O–H groups in total. The van der Waals surface area contributed by atoms with Gasteiger partial charge in [-0.25, -0.2) is 8.78 Å². The largest absolute Gasteiger partial charge is 0.432 e. The fourth-order valence-electron chi connectivity index (χ4n) is 6.00. The van der Waals surface area contributed by atoms with E-state index in [1.165, 1.54) is 57.4 Å². The van der Waals surface area contributed by atoms with Crippen molar-refractivity contribution in [1.82, 2.24) is 0 Å². The molecule has 2 fully saturated rings. The maximum atomic E-state index is 14.8. The maximum Gasteiger partial charge on any atom is 0.387 e. The molecule has 2 aromatic carbocycles. The van der Waals surface area contributed by atoms with Gasteiger partial charge in [-0.05, 0) is 84.9 Å². The van der Waals surface area contributed by atoms with E-state index in [9.17, 15) is 17.6 Å². The van der Waals surface area contributed by atoms with Crippen molar-refractivity contribution in [3.05, 3.63) is 41.5 Å². The number of ether oxygens (including phenoxy) is 1. The predicted octanol–water partition coefficient (Wildman–Crippen LogP) is 8.60. The highest BCUT2D eigenvalue weighted by Gasteiger charge is 2.36. The first-order chi connectivity index (χ1) is 14.9. The Morgan fingerprint density at radius 1 is 0.903 bits per heavy atom. The topological polar surface area (TPSA) is 9.23 Å². The van der Waals surface area contributed by atoms with Gasteiger partial charge in [-0.3, -0.25) is 0 Å². The van der Waals surface area contributed by atoms with Crippen LogP contribution in [0.5, 0.6) is 5.75 Å². The Bertz CT molecular complexity index is 897. The zero-order valence-electron chi connectivity index (χ0n) is 18.2. The van der Waals surface area contributed by atoms with E-state index in [-0.39, 0.29) is 11.3 Å². The molecule has 1 nitrogen and oxygen atoms in total. The van der Waals surface area contributed by atoms with Crippen molar-refractivity contribution < 1.29 is 22.3 Å². The molecule has 4 rings (SSSR count). The van der Waals surface area contributed by atoms with Crippen LogP contribution in [0.3, 0.4) is 0 Å². The third kappa shape index (κ3) is 5.18. The van der Waals surface area contributed by atoms with Gasteiger partial charge < -0.3 is 4.74 Å². The Kier molecular flexibility index (Phi) is 7.08. The van der Waals surface area contributed by atoms with Crippen molar-refractivity contribution >= 4 is 10.8 Å². The number of halogens is 4. The average Bonchev–Trinajstić information content (AvgIpc) is 2.74. The Hall–Kier alpha value is -1.78. The summed E-state index contributed by atoms with van der Waals surface area (Å²) in [5.74, 6) is 0.604. The van der Waals surface area contributed by atoms with Gasteiger partial charge in [0.2, 0.25) is 0 Å². The van der Waals surface area contributed by atoms with Gasteiger partial charge >= 0.3 is 6.61 Å². The van der Waals surface area contributed by atoms with Crippen molar-refractivity contribution in [2.45, 2.75) is 83.7 Å². The van der Waals surface area contributed by atoms with E-state index in [0.717, 1.165) is 42.4 Å². The van der Waals surface area contributed by atoms with Crippen LogP contribution in [0.1, 0.15) is 82.6 Å². The van der Waals surface area contributed by atoms with Crippen LogP contribution in [-0.2, 0) is 0 Å². The summed E-state index contributed by atoms with van der Waals surface area (Å²) in [5, 5.41) is 0.512. The summed E-state index contributed by atoms with van der Waals surface area (Å²) in [5.41, 5.74) is 0.899. The van der Waals surface area contributed by atoms with Gasteiger partial charge in [0.15, 0.2) is 11.6 Å². The van der Waals surface area contributed by atoms with Crippen LogP contribution < -0.4 is 4.74 Å². The van der Waals surface area contributed by atoms with E-state index in [1.54, 1.807) is 0 Å². The molecule has 4 atom stereocenters. The van der Waals surface area contributed by atoms with Crippen molar-refractivity contribution in [2.75, 3.05) is 0 Å². The zero-order valence-corrected chi connectivity index (χ0v) is 18.2. The number of hydrogen-bond donors (Lipinski definition) is 0. The van der Waals surface area contributed by atoms with E-state index in [2.05, 4.69) is 11.7 Å². The lowest BCUT2D eigenvalue weighted by Gasteiger charge is -2.42. The lowest BCUT2D eigenvalue weighted by molar-refractivity contribution is -0.0520. The molecule has 0 bridgehead atoms. The average molecular weight is 437 g/mol. The lowest BCUT2D eigenvalue weighted by Crippen LogP contribution is -2.30. The van der Waals surface area contributed by atoms with Gasteiger partial charge in [0.05, 0.1) is 0 Å². The first-order valence-electron chi connectivity index (χ1n) is 11.8. The Balaban J connectivity index is 1.46. The van der Waals surface area contributed by atoms with Crippen molar-refractivity contribution in [3.63, 3.8) is 0 Å². The van der Waals surface area contributed by atoms with Crippen LogP contribution in [0.2, 0.25) is 0 Å². The number of alkyl halides is 2. The molecule has 0 aliphatic heterocycles. The van der Waals surface area contributed by atoms with Gasteiger partial charge in [-0.15, -0.1) is 0 Å². The molecule has 5 heteroatoms. The second-order valence-corrected chi connectivity index (χ2v) is 9.59. The van der Waals surface area contributed by atoms with Gasteiger partial charge in [0.25, 0.3) is 0 Å². The normalized spacial score (nSPS) is 26.3. The molecule has 0 radical (unpaired) electrons. The summed E-state index contributed by atoms with van der Waals surface area (Å²) in [7, 11) is 0. The molecular weight excluding hydrogens is 404 g/mol. The Morgan fingerprint density at radius 3 is 2.45 bits per heavy atom. The number of benzene rings is 2. The first kappa shape index (κ1) is 22.4. The molecule has 0 amide bonds. The lowest BCUT2D eigenvalue weighted by atomic mass is 9.63. The van der Waals surface area contributed by atoms with Gasteiger partial charge in [-0.1, -0.05) is 45.1 Å². The second-order valence-electron chi connectivity index (χ2n) is 9.59. The number of rotatable bonds is 7. The standard InChI is InChI=1S/C26H32F4O/c1-2-3-4-5-16-6-7-18-11-19(9-8-17(18)10-16)20-12-21-14-24(28)25(31-26(29)30)15-22(21)23(27)13-20/h12-19,26H,2-11H2,1H3/t16-,17?,18-,19?/m1/s1. The molecule has 2 aliphatic carbocycles. The van der Waals surface area contributed by atoms with E-state index in [1.807, 2.05) is 6.07 Å². The van der Waals surface area contributed by atoms with Crippen LogP contribution in [0.15, 0.2) is 24.3 Å². The fourth-order valence-corrected chi connectivity index (χ4v) is 6.00. The molecule has 2 unspecified atom stereocenters. The molecule has 2 saturated carbocycles. The van der Waals surface area contributed by atoms with E-state index < -0.39 is 24.0 Å². The summed E-state index contributed by atoms with van der Waals surface area (Å²) in [6.45, 7) is -0.899. The second kappa shape index (κ2) is 9.79. The quantitative estimate of drug-likeness (QED) is 0.312. The van der Waals surface area contributed by atoms with E-state index in [4.69, 9.17) is 0 Å².